The second kappa shape index (κ2) is 13.5. The minimum Gasteiger partial charge on any atom is -0.469 e. The Morgan fingerprint density at radius 1 is 0.674 bits per heavy atom. The summed E-state index contributed by atoms with van der Waals surface area (Å²) in [5.41, 5.74) is 15.7. The van der Waals surface area contributed by atoms with Crippen LogP contribution in [0.4, 0.5) is 0 Å². The number of aliphatic hydroxyl groups is 1. The van der Waals surface area contributed by atoms with Gasteiger partial charge in [0, 0.05) is 40.5 Å². The third-order valence-electron chi connectivity index (χ3n) is 9.51. The number of carbonyl (C=O) groups excluding carboxylic acids is 2. The Morgan fingerprint density at radius 2 is 1.24 bits per heavy atom. The molecule has 0 saturated carbocycles. The van der Waals surface area contributed by atoms with E-state index in [1.54, 1.807) is 0 Å². The molecule has 0 aromatic carbocycles. The number of hydrogen-bond acceptors (Lipinski definition) is 7. The van der Waals surface area contributed by atoms with Gasteiger partial charge in [-0.15, -0.1) is 0 Å². The van der Waals surface area contributed by atoms with Gasteiger partial charge in [0.1, 0.15) is 0 Å². The average Bonchev–Trinajstić information content (AvgIpc) is 3.72. The quantitative estimate of drug-likeness (QED) is 0.213. The SMILES string of the molecule is CCC1=C(C)c2cc3[nH]c(cc4[nH]c(cc5nc(c(CO)c1n2)C(C)=C5CCC(=O)OC)c(CCC(=O)OC)c4C)c(C)c3CC. The van der Waals surface area contributed by atoms with Crippen LogP contribution in [0.3, 0.4) is 0 Å². The number of aromatic nitrogens is 4. The monoisotopic (exact) mass is 624 g/mol. The lowest BCUT2D eigenvalue weighted by Gasteiger charge is -2.08. The van der Waals surface area contributed by atoms with E-state index in [2.05, 4.69) is 56.7 Å². The zero-order chi connectivity index (χ0) is 33.3. The molecule has 3 aromatic rings. The Bertz CT molecular complexity index is 1960. The maximum absolute atomic E-state index is 12.3. The zero-order valence-electron chi connectivity index (χ0n) is 28.2. The van der Waals surface area contributed by atoms with Crippen molar-refractivity contribution in [3.8, 4) is 0 Å². The zero-order valence-corrected chi connectivity index (χ0v) is 28.2. The Hall–Kier alpha value is -4.50. The molecule has 0 fully saturated rings. The Morgan fingerprint density at radius 3 is 1.83 bits per heavy atom. The highest BCUT2D eigenvalue weighted by molar-refractivity contribution is 5.97. The highest BCUT2D eigenvalue weighted by Crippen LogP contribution is 2.40. The largest absolute Gasteiger partial charge is 0.469 e. The maximum atomic E-state index is 12.3. The molecule has 0 saturated heterocycles. The van der Waals surface area contributed by atoms with Crippen molar-refractivity contribution >= 4 is 56.3 Å². The van der Waals surface area contributed by atoms with E-state index in [0.717, 1.165) is 79.7 Å². The summed E-state index contributed by atoms with van der Waals surface area (Å²) in [6, 6.07) is 6.24. The molecule has 9 nitrogen and oxygen atoms in total. The molecule has 0 atom stereocenters. The van der Waals surface area contributed by atoms with Crippen molar-refractivity contribution in [2.24, 2.45) is 0 Å². The predicted octanol–water partition coefficient (Wildman–Crippen LogP) is 7.32. The van der Waals surface area contributed by atoms with Gasteiger partial charge >= 0.3 is 11.9 Å². The van der Waals surface area contributed by atoms with E-state index in [9.17, 15) is 14.7 Å². The number of hydrogen-bond donors (Lipinski definition) is 3. The number of aliphatic hydroxyl groups excluding tert-OH is 1. The third kappa shape index (κ3) is 5.91. The van der Waals surface area contributed by atoms with Gasteiger partial charge in [0.2, 0.25) is 0 Å². The number of methoxy groups -OCH3 is 2. The average molecular weight is 625 g/mol. The highest BCUT2D eigenvalue weighted by atomic mass is 16.5. The molecule has 5 rings (SSSR count). The van der Waals surface area contributed by atoms with Gasteiger partial charge in [-0.1, -0.05) is 13.8 Å². The van der Waals surface area contributed by atoms with Crippen LogP contribution in [0.15, 0.2) is 18.2 Å². The minimum absolute atomic E-state index is 0.191. The van der Waals surface area contributed by atoms with Crippen LogP contribution < -0.4 is 0 Å². The Labute approximate surface area is 269 Å². The second-order valence-corrected chi connectivity index (χ2v) is 11.9. The van der Waals surface area contributed by atoms with E-state index in [1.807, 2.05) is 13.0 Å². The van der Waals surface area contributed by atoms with Gasteiger partial charge in [0.25, 0.3) is 0 Å². The number of aromatic amines is 2. The fourth-order valence-electron chi connectivity index (χ4n) is 6.77. The number of esters is 2. The van der Waals surface area contributed by atoms with Crippen molar-refractivity contribution in [1.29, 1.82) is 0 Å². The van der Waals surface area contributed by atoms with Crippen LogP contribution in [0.5, 0.6) is 0 Å². The third-order valence-corrected chi connectivity index (χ3v) is 9.51. The van der Waals surface area contributed by atoms with Crippen LogP contribution in [-0.4, -0.2) is 51.2 Å². The van der Waals surface area contributed by atoms with E-state index in [-0.39, 0.29) is 31.4 Å². The fourth-order valence-corrected chi connectivity index (χ4v) is 6.77. The van der Waals surface area contributed by atoms with Crippen LogP contribution in [0.2, 0.25) is 0 Å². The van der Waals surface area contributed by atoms with Crippen molar-refractivity contribution in [3.63, 3.8) is 0 Å². The van der Waals surface area contributed by atoms with E-state index >= 15 is 0 Å². The molecular formula is C37H44N4O5. The molecule has 0 unspecified atom stereocenters. The number of H-pyrrole nitrogens is 2. The molecule has 3 N–H and O–H groups in total. The Kier molecular flexibility index (Phi) is 9.63. The number of aryl methyl sites for hydroxylation is 4. The van der Waals surface area contributed by atoms with Crippen LogP contribution in [0.25, 0.3) is 44.4 Å². The van der Waals surface area contributed by atoms with Crippen molar-refractivity contribution in [2.75, 3.05) is 14.2 Å². The number of allylic oxidation sites excluding steroid dienone is 4. The molecule has 0 radical (unpaired) electrons. The first-order chi connectivity index (χ1) is 22.1. The van der Waals surface area contributed by atoms with Crippen LogP contribution >= 0.6 is 0 Å². The molecule has 8 bridgehead atoms. The first-order valence-electron chi connectivity index (χ1n) is 16.0. The summed E-state index contributed by atoms with van der Waals surface area (Å²) in [5, 5.41) is 10.9. The van der Waals surface area contributed by atoms with Crippen molar-refractivity contribution < 1.29 is 24.2 Å². The summed E-state index contributed by atoms with van der Waals surface area (Å²) >= 11 is 0. The van der Waals surface area contributed by atoms with E-state index in [1.165, 1.54) is 25.3 Å². The lowest BCUT2D eigenvalue weighted by atomic mass is 9.96. The van der Waals surface area contributed by atoms with Crippen molar-refractivity contribution in [3.05, 3.63) is 68.8 Å². The van der Waals surface area contributed by atoms with Gasteiger partial charge in [-0.25, -0.2) is 9.97 Å². The number of rotatable bonds is 9. The fraction of sp³-hybridized carbons (Fsp3) is 0.405. The van der Waals surface area contributed by atoms with Crippen molar-refractivity contribution in [2.45, 2.75) is 86.7 Å². The van der Waals surface area contributed by atoms with Gasteiger partial charge in [-0.05, 0) is 116 Å². The number of carbonyl (C=O) groups is 2. The summed E-state index contributed by atoms with van der Waals surface area (Å²) in [5.74, 6) is -0.588. The molecule has 2 aliphatic rings. The highest BCUT2D eigenvalue weighted by Gasteiger charge is 2.26. The van der Waals surface area contributed by atoms with Gasteiger partial charge in [0.15, 0.2) is 0 Å². The standard InChI is InChI=1S/C37H44N4O5/c1-9-23-19(3)28-15-29-21(5)25(11-13-34(43)45-7)32(39-29)17-33-26(12-14-35(44)46-8)22(6)36(41-33)27(18-42)37-24(10-2)20(4)30(40-37)16-31(23)38-28/h15-17,38-39,42H,9-14,18H2,1-8H3. The van der Waals surface area contributed by atoms with E-state index in [4.69, 9.17) is 19.4 Å². The first kappa shape index (κ1) is 32.9. The summed E-state index contributed by atoms with van der Waals surface area (Å²) < 4.78 is 9.92. The smallest absolute Gasteiger partial charge is 0.305 e. The molecule has 0 aliphatic carbocycles. The number of nitrogens with zero attached hydrogens (tertiary/aromatic N) is 2. The maximum Gasteiger partial charge on any atom is 0.305 e. The molecule has 46 heavy (non-hydrogen) atoms. The molecular weight excluding hydrogens is 580 g/mol. The predicted molar refractivity (Wildman–Crippen MR) is 183 cm³/mol. The second-order valence-electron chi connectivity index (χ2n) is 11.9. The molecule has 242 valence electrons. The molecule has 0 amide bonds. The van der Waals surface area contributed by atoms with Crippen LogP contribution in [-0.2, 0) is 38.5 Å². The first-order valence-corrected chi connectivity index (χ1v) is 16.0. The lowest BCUT2D eigenvalue weighted by Crippen LogP contribution is -2.02. The Balaban J connectivity index is 1.96. The van der Waals surface area contributed by atoms with Gasteiger partial charge in [-0.2, -0.15) is 0 Å². The summed E-state index contributed by atoms with van der Waals surface area (Å²) in [6.07, 6.45) is 2.92. The van der Waals surface area contributed by atoms with Gasteiger partial charge < -0.3 is 24.5 Å². The number of ether oxygens (including phenoxy) is 2. The molecule has 3 aromatic heterocycles. The normalized spacial score (nSPS) is 13.1. The number of nitrogens with one attached hydrogen (secondary N) is 2. The summed E-state index contributed by atoms with van der Waals surface area (Å²) in [4.78, 5) is 42.0. The molecule has 9 heteroatoms. The lowest BCUT2D eigenvalue weighted by molar-refractivity contribution is -0.141. The minimum atomic E-state index is -0.307. The van der Waals surface area contributed by atoms with Gasteiger partial charge in [0.05, 0.1) is 43.6 Å². The van der Waals surface area contributed by atoms with E-state index in [0.29, 0.717) is 29.8 Å². The van der Waals surface area contributed by atoms with Gasteiger partial charge in [-0.3, -0.25) is 9.59 Å². The molecule has 2 aliphatic heterocycles. The van der Waals surface area contributed by atoms with Crippen LogP contribution in [0.1, 0.15) is 104 Å². The topological polar surface area (TPSA) is 130 Å². The van der Waals surface area contributed by atoms with Crippen LogP contribution in [0, 0.1) is 13.8 Å². The molecule has 5 heterocycles. The molecule has 0 spiro atoms. The number of fused-ring (bicyclic) bond motifs is 8. The summed E-state index contributed by atoms with van der Waals surface area (Å²) in [7, 11) is 2.78. The summed E-state index contributed by atoms with van der Waals surface area (Å²) in [6.45, 7) is 12.3. The van der Waals surface area contributed by atoms with Crippen molar-refractivity contribution in [1.82, 2.24) is 19.9 Å². The van der Waals surface area contributed by atoms with E-state index < -0.39 is 0 Å².